The Kier molecular flexibility index (Phi) is 7.59. The highest BCUT2D eigenvalue weighted by atomic mass is 32.2. The monoisotopic (exact) mass is 399 g/mol. The Labute approximate surface area is 170 Å². The second-order valence-electron chi connectivity index (χ2n) is 6.88. The van der Waals surface area contributed by atoms with Gasteiger partial charge in [0.1, 0.15) is 5.82 Å². The first kappa shape index (κ1) is 20.5. The Morgan fingerprint density at radius 3 is 2.64 bits per heavy atom. The number of halogens is 1. The second-order valence-corrected chi connectivity index (χ2v) is 7.88. The third kappa shape index (κ3) is 6.44. The molecular weight excluding hydrogens is 373 g/mol. The lowest BCUT2D eigenvalue weighted by Crippen LogP contribution is -2.44. The van der Waals surface area contributed by atoms with Crippen LogP contribution in [-0.2, 0) is 12.3 Å². The van der Waals surface area contributed by atoms with Crippen LogP contribution < -0.4 is 5.73 Å². The number of nitrogens with two attached hydrogens (primary N) is 1. The second kappa shape index (κ2) is 10.4. The maximum atomic E-state index is 13.8. The molecule has 5 nitrogen and oxygen atoms in total. The molecule has 2 aromatic carbocycles. The Bertz CT molecular complexity index is 817. The van der Waals surface area contributed by atoms with E-state index in [4.69, 9.17) is 5.73 Å². The van der Waals surface area contributed by atoms with Gasteiger partial charge in [-0.3, -0.25) is 4.90 Å². The highest BCUT2D eigenvalue weighted by Crippen LogP contribution is 2.15. The summed E-state index contributed by atoms with van der Waals surface area (Å²) in [5, 5.41) is 8.59. The number of rotatable bonds is 6. The maximum Gasteiger partial charge on any atom is 0.180 e. The largest absolute Gasteiger partial charge is 0.377 e. The van der Waals surface area contributed by atoms with Crippen molar-refractivity contribution in [1.82, 2.24) is 9.80 Å². The lowest BCUT2D eigenvalue weighted by atomic mass is 10.1. The topological polar surface area (TPSA) is 57.2 Å². The van der Waals surface area contributed by atoms with Crippen LogP contribution in [0.1, 0.15) is 16.7 Å². The molecule has 0 unspecified atom stereocenters. The molecule has 28 heavy (non-hydrogen) atoms. The molecule has 1 fully saturated rings. The number of benzene rings is 2. The van der Waals surface area contributed by atoms with Crippen LogP contribution in [0.2, 0.25) is 0 Å². The van der Waals surface area contributed by atoms with Crippen LogP contribution in [0, 0.1) is 5.82 Å². The van der Waals surface area contributed by atoms with Crippen molar-refractivity contribution in [3.8, 4) is 0 Å². The van der Waals surface area contributed by atoms with Crippen molar-refractivity contribution < 1.29 is 4.39 Å². The molecule has 1 saturated heterocycles. The molecule has 1 heterocycles. The van der Waals surface area contributed by atoms with Crippen molar-refractivity contribution in [3.63, 3.8) is 0 Å². The maximum absolute atomic E-state index is 13.8. The predicted octanol–water partition coefficient (Wildman–Crippen LogP) is 3.16. The molecule has 0 aliphatic carbocycles. The summed E-state index contributed by atoms with van der Waals surface area (Å²) in [6.07, 6.45) is 1.65. The number of amidine groups is 1. The average Bonchev–Trinajstić information content (AvgIpc) is 2.70. The number of nitrogens with zero attached hydrogens (tertiary/aromatic N) is 4. The van der Waals surface area contributed by atoms with Crippen LogP contribution in [-0.4, -0.2) is 54.4 Å². The number of hydrogen-bond acceptors (Lipinski definition) is 5. The summed E-state index contributed by atoms with van der Waals surface area (Å²) in [5.41, 5.74) is 8.90. The predicted molar refractivity (Wildman–Crippen MR) is 116 cm³/mol. The molecule has 0 aromatic heterocycles. The fourth-order valence-electron chi connectivity index (χ4n) is 2.99. The van der Waals surface area contributed by atoms with Gasteiger partial charge in [-0.25, -0.2) is 4.39 Å². The van der Waals surface area contributed by atoms with E-state index in [1.54, 1.807) is 18.3 Å². The summed E-state index contributed by atoms with van der Waals surface area (Å²) in [4.78, 5) is 4.63. The summed E-state index contributed by atoms with van der Waals surface area (Å²) in [6, 6.07) is 14.9. The number of thioether (sulfide) groups is 1. The number of hydrogen-bond donors (Lipinski definition) is 1. The zero-order valence-corrected chi connectivity index (χ0v) is 16.9. The van der Waals surface area contributed by atoms with Gasteiger partial charge in [0.2, 0.25) is 0 Å². The first-order chi connectivity index (χ1) is 13.6. The van der Waals surface area contributed by atoms with E-state index in [2.05, 4.69) is 27.1 Å². The summed E-state index contributed by atoms with van der Waals surface area (Å²) >= 11 is 1.44. The smallest absolute Gasteiger partial charge is 0.180 e. The molecule has 148 valence electrons. The zero-order chi connectivity index (χ0) is 19.8. The van der Waals surface area contributed by atoms with Crippen LogP contribution in [0.3, 0.4) is 0 Å². The third-order valence-corrected chi connectivity index (χ3v) is 5.53. The molecule has 1 aliphatic rings. The van der Waals surface area contributed by atoms with Gasteiger partial charge in [-0.1, -0.05) is 48.2 Å². The molecule has 2 aromatic rings. The molecule has 7 heteroatoms. The van der Waals surface area contributed by atoms with Gasteiger partial charge in [0, 0.05) is 38.5 Å². The van der Waals surface area contributed by atoms with E-state index in [1.807, 2.05) is 30.3 Å². The summed E-state index contributed by atoms with van der Waals surface area (Å²) in [6.45, 7) is 4.71. The van der Waals surface area contributed by atoms with Crippen LogP contribution >= 0.6 is 11.8 Å². The Morgan fingerprint density at radius 2 is 1.89 bits per heavy atom. The fourth-order valence-corrected chi connectivity index (χ4v) is 3.60. The van der Waals surface area contributed by atoms with Crippen molar-refractivity contribution in [2.24, 2.45) is 15.9 Å². The van der Waals surface area contributed by atoms with Gasteiger partial charge in [0.25, 0.3) is 0 Å². The fraction of sp³-hybridized carbons (Fsp3) is 0.333. The minimum atomic E-state index is -0.234. The van der Waals surface area contributed by atoms with Crippen LogP contribution in [0.4, 0.5) is 4.39 Å². The standard InChI is InChI=1S/C21H26FN5S/c1-26-9-11-27(12-10-26)15-19-13-20(22)8-7-18(19)14-24-25-21(23)28-16-17-5-3-2-4-6-17/h2-8,13-14H,9-12,15-16H2,1H3,(H2,23,25). The molecule has 0 amide bonds. The van der Waals surface area contributed by atoms with Gasteiger partial charge in [0.05, 0.1) is 6.21 Å². The van der Waals surface area contributed by atoms with Gasteiger partial charge in [-0.15, -0.1) is 5.10 Å². The molecule has 3 rings (SSSR count). The Balaban J connectivity index is 1.61. The van der Waals surface area contributed by atoms with Crippen LogP contribution in [0.25, 0.3) is 0 Å². The summed E-state index contributed by atoms with van der Waals surface area (Å²) in [7, 11) is 2.12. The van der Waals surface area contributed by atoms with Gasteiger partial charge >= 0.3 is 0 Å². The minimum absolute atomic E-state index is 0.234. The quantitative estimate of drug-likeness (QED) is 0.461. The van der Waals surface area contributed by atoms with Crippen molar-refractivity contribution in [1.29, 1.82) is 0 Å². The van der Waals surface area contributed by atoms with E-state index in [-0.39, 0.29) is 5.82 Å². The van der Waals surface area contributed by atoms with E-state index in [1.165, 1.54) is 23.4 Å². The lowest BCUT2D eigenvalue weighted by Gasteiger charge is -2.32. The highest BCUT2D eigenvalue weighted by molar-refractivity contribution is 8.13. The van der Waals surface area contributed by atoms with E-state index >= 15 is 0 Å². The average molecular weight is 400 g/mol. The van der Waals surface area contributed by atoms with E-state index in [9.17, 15) is 4.39 Å². The first-order valence-electron chi connectivity index (χ1n) is 9.33. The molecule has 1 aliphatic heterocycles. The minimum Gasteiger partial charge on any atom is -0.377 e. The molecule has 0 saturated carbocycles. The van der Waals surface area contributed by atoms with E-state index in [0.717, 1.165) is 43.1 Å². The highest BCUT2D eigenvalue weighted by Gasteiger charge is 2.15. The van der Waals surface area contributed by atoms with Crippen molar-refractivity contribution >= 4 is 23.1 Å². The summed E-state index contributed by atoms with van der Waals surface area (Å²) < 4.78 is 13.8. The number of piperazine rings is 1. The van der Waals surface area contributed by atoms with Gasteiger partial charge in [-0.05, 0) is 35.9 Å². The van der Waals surface area contributed by atoms with Crippen molar-refractivity contribution in [2.45, 2.75) is 12.3 Å². The van der Waals surface area contributed by atoms with E-state index < -0.39 is 0 Å². The van der Waals surface area contributed by atoms with Crippen molar-refractivity contribution in [2.75, 3.05) is 33.2 Å². The number of likely N-dealkylation sites (N-methyl/N-ethyl adjacent to an activating group) is 1. The van der Waals surface area contributed by atoms with Crippen LogP contribution in [0.5, 0.6) is 0 Å². The molecule has 0 bridgehead atoms. The third-order valence-electron chi connectivity index (χ3n) is 4.68. The van der Waals surface area contributed by atoms with E-state index in [0.29, 0.717) is 11.7 Å². The Hall–Kier alpha value is -2.22. The van der Waals surface area contributed by atoms with Crippen LogP contribution in [0.15, 0.2) is 58.7 Å². The molecule has 2 N–H and O–H groups in total. The van der Waals surface area contributed by atoms with Gasteiger partial charge in [-0.2, -0.15) is 5.10 Å². The summed E-state index contributed by atoms with van der Waals surface area (Å²) in [5.74, 6) is 0.513. The lowest BCUT2D eigenvalue weighted by molar-refractivity contribution is 0.148. The molecule has 0 atom stereocenters. The van der Waals surface area contributed by atoms with Gasteiger partial charge < -0.3 is 10.6 Å². The SMILES string of the molecule is CN1CCN(Cc2cc(F)ccc2C=NN=C(N)SCc2ccccc2)CC1. The normalized spacial score (nSPS) is 16.7. The van der Waals surface area contributed by atoms with Crippen molar-refractivity contribution in [3.05, 3.63) is 71.0 Å². The van der Waals surface area contributed by atoms with Gasteiger partial charge in [0.15, 0.2) is 5.17 Å². The molecule has 0 spiro atoms. The molecular formula is C21H26FN5S. The zero-order valence-electron chi connectivity index (χ0n) is 16.1. The first-order valence-corrected chi connectivity index (χ1v) is 10.3. The molecule has 0 radical (unpaired) electrons. The Morgan fingerprint density at radius 1 is 1.14 bits per heavy atom.